The maximum absolute atomic E-state index is 13.8. The Morgan fingerprint density at radius 3 is 2.81 bits per heavy atom. The molecule has 4 heteroatoms. The summed E-state index contributed by atoms with van der Waals surface area (Å²) in [6.45, 7) is 1.99. The molecule has 1 aromatic heterocycles. The summed E-state index contributed by atoms with van der Waals surface area (Å²) in [6.07, 6.45) is 3.35. The standard InChI is InChI=1S/C12H14FN3/c1-9(14-2)10-4-5-12(11(13)8-10)16-7-3-6-15-16/h3-9,14H,1-2H3. The molecule has 0 fully saturated rings. The molecule has 0 saturated carbocycles. The summed E-state index contributed by atoms with van der Waals surface area (Å²) in [4.78, 5) is 0. The van der Waals surface area contributed by atoms with Crippen LogP contribution in [0.15, 0.2) is 36.7 Å². The molecule has 0 amide bonds. The van der Waals surface area contributed by atoms with Crippen LogP contribution in [-0.2, 0) is 0 Å². The molecule has 1 N–H and O–H groups in total. The van der Waals surface area contributed by atoms with E-state index in [0.717, 1.165) is 5.56 Å². The van der Waals surface area contributed by atoms with Crippen LogP contribution >= 0.6 is 0 Å². The molecule has 1 atom stereocenters. The van der Waals surface area contributed by atoms with Crippen LogP contribution in [0.3, 0.4) is 0 Å². The minimum atomic E-state index is -0.261. The van der Waals surface area contributed by atoms with Crippen molar-refractivity contribution in [2.45, 2.75) is 13.0 Å². The summed E-state index contributed by atoms with van der Waals surface area (Å²) in [7, 11) is 1.85. The van der Waals surface area contributed by atoms with Crippen LogP contribution in [0.2, 0.25) is 0 Å². The summed E-state index contributed by atoms with van der Waals surface area (Å²) in [5.74, 6) is -0.261. The van der Waals surface area contributed by atoms with Crippen LogP contribution in [0.1, 0.15) is 18.5 Å². The van der Waals surface area contributed by atoms with Crippen LogP contribution in [-0.4, -0.2) is 16.8 Å². The van der Waals surface area contributed by atoms with Gasteiger partial charge in [0, 0.05) is 18.4 Å². The van der Waals surface area contributed by atoms with Gasteiger partial charge in [-0.25, -0.2) is 9.07 Å². The van der Waals surface area contributed by atoms with Crippen molar-refractivity contribution in [3.05, 3.63) is 48.0 Å². The van der Waals surface area contributed by atoms with Gasteiger partial charge in [-0.05, 0) is 37.7 Å². The summed E-state index contributed by atoms with van der Waals surface area (Å²) < 4.78 is 15.3. The molecule has 1 aromatic carbocycles. The summed E-state index contributed by atoms with van der Waals surface area (Å²) >= 11 is 0. The third kappa shape index (κ3) is 1.97. The molecule has 84 valence electrons. The van der Waals surface area contributed by atoms with Crippen molar-refractivity contribution in [3.8, 4) is 5.69 Å². The quantitative estimate of drug-likeness (QED) is 0.858. The van der Waals surface area contributed by atoms with E-state index in [0.29, 0.717) is 5.69 Å². The third-order valence-electron chi connectivity index (χ3n) is 2.66. The van der Waals surface area contributed by atoms with Crippen molar-refractivity contribution in [2.75, 3.05) is 7.05 Å². The first kappa shape index (κ1) is 10.8. The second-order valence-corrected chi connectivity index (χ2v) is 3.67. The molecule has 0 bridgehead atoms. The van der Waals surface area contributed by atoms with Crippen LogP contribution in [0, 0.1) is 5.82 Å². The van der Waals surface area contributed by atoms with Gasteiger partial charge in [0.15, 0.2) is 0 Å². The Balaban J connectivity index is 2.37. The molecule has 0 aliphatic carbocycles. The minimum Gasteiger partial charge on any atom is -0.313 e. The van der Waals surface area contributed by atoms with Crippen molar-refractivity contribution < 1.29 is 4.39 Å². The number of benzene rings is 1. The largest absolute Gasteiger partial charge is 0.313 e. The Morgan fingerprint density at radius 2 is 2.25 bits per heavy atom. The average Bonchev–Trinajstić information content (AvgIpc) is 2.81. The van der Waals surface area contributed by atoms with Crippen LogP contribution in [0.4, 0.5) is 4.39 Å². The zero-order valence-electron chi connectivity index (χ0n) is 9.31. The summed E-state index contributed by atoms with van der Waals surface area (Å²) in [6, 6.07) is 7.09. The van der Waals surface area contributed by atoms with Gasteiger partial charge in [0.25, 0.3) is 0 Å². The van der Waals surface area contributed by atoms with Gasteiger partial charge in [0.1, 0.15) is 11.5 Å². The Hall–Kier alpha value is -1.68. The Morgan fingerprint density at radius 1 is 1.44 bits per heavy atom. The highest BCUT2D eigenvalue weighted by Crippen LogP contribution is 2.18. The maximum atomic E-state index is 13.8. The van der Waals surface area contributed by atoms with Gasteiger partial charge in [0.2, 0.25) is 0 Å². The molecule has 16 heavy (non-hydrogen) atoms. The number of aromatic nitrogens is 2. The second-order valence-electron chi connectivity index (χ2n) is 3.67. The first-order chi connectivity index (χ1) is 7.72. The highest BCUT2D eigenvalue weighted by atomic mass is 19.1. The normalized spacial score (nSPS) is 12.7. The van der Waals surface area contributed by atoms with Gasteiger partial charge in [-0.3, -0.25) is 0 Å². The monoisotopic (exact) mass is 219 g/mol. The van der Waals surface area contributed by atoms with E-state index in [1.807, 2.05) is 20.0 Å². The van der Waals surface area contributed by atoms with Crippen molar-refractivity contribution in [1.29, 1.82) is 0 Å². The van der Waals surface area contributed by atoms with E-state index < -0.39 is 0 Å². The third-order valence-corrected chi connectivity index (χ3v) is 2.66. The van der Waals surface area contributed by atoms with E-state index in [2.05, 4.69) is 10.4 Å². The number of halogens is 1. The fraction of sp³-hybridized carbons (Fsp3) is 0.250. The summed E-state index contributed by atoms with van der Waals surface area (Å²) in [5, 5.41) is 7.08. The van der Waals surface area contributed by atoms with E-state index in [1.54, 1.807) is 24.5 Å². The van der Waals surface area contributed by atoms with E-state index in [-0.39, 0.29) is 11.9 Å². The maximum Gasteiger partial charge on any atom is 0.149 e. The number of nitrogens with zero attached hydrogens (tertiary/aromatic N) is 2. The van der Waals surface area contributed by atoms with Crippen LogP contribution < -0.4 is 5.32 Å². The smallest absolute Gasteiger partial charge is 0.149 e. The van der Waals surface area contributed by atoms with Crippen molar-refractivity contribution >= 4 is 0 Å². The zero-order valence-corrected chi connectivity index (χ0v) is 9.31. The van der Waals surface area contributed by atoms with Crippen LogP contribution in [0.25, 0.3) is 5.69 Å². The fourth-order valence-electron chi connectivity index (χ4n) is 1.56. The molecule has 1 heterocycles. The van der Waals surface area contributed by atoms with Crippen molar-refractivity contribution in [3.63, 3.8) is 0 Å². The Bertz CT molecular complexity index is 465. The molecular weight excluding hydrogens is 205 g/mol. The lowest BCUT2D eigenvalue weighted by atomic mass is 10.1. The average molecular weight is 219 g/mol. The molecule has 0 saturated heterocycles. The SMILES string of the molecule is CNC(C)c1ccc(-n2cccn2)c(F)c1. The molecule has 0 radical (unpaired) electrons. The van der Waals surface area contributed by atoms with E-state index in [9.17, 15) is 4.39 Å². The van der Waals surface area contributed by atoms with Crippen molar-refractivity contribution in [1.82, 2.24) is 15.1 Å². The molecular formula is C12H14FN3. The molecule has 0 aliphatic rings. The van der Waals surface area contributed by atoms with Gasteiger partial charge in [0.05, 0.1) is 0 Å². The zero-order chi connectivity index (χ0) is 11.5. The summed E-state index contributed by atoms with van der Waals surface area (Å²) in [5.41, 5.74) is 1.40. The molecule has 2 rings (SSSR count). The highest BCUT2D eigenvalue weighted by molar-refractivity contribution is 5.36. The number of hydrogen-bond donors (Lipinski definition) is 1. The van der Waals surface area contributed by atoms with Gasteiger partial charge in [-0.15, -0.1) is 0 Å². The van der Waals surface area contributed by atoms with Gasteiger partial charge >= 0.3 is 0 Å². The Labute approximate surface area is 93.9 Å². The van der Waals surface area contributed by atoms with E-state index >= 15 is 0 Å². The molecule has 2 aromatic rings. The fourth-order valence-corrected chi connectivity index (χ4v) is 1.56. The van der Waals surface area contributed by atoms with Gasteiger partial charge in [-0.1, -0.05) is 6.07 Å². The van der Waals surface area contributed by atoms with Gasteiger partial charge < -0.3 is 5.32 Å². The number of rotatable bonds is 3. The van der Waals surface area contributed by atoms with E-state index in [1.165, 1.54) is 10.7 Å². The lowest BCUT2D eigenvalue weighted by molar-refractivity contribution is 0.596. The van der Waals surface area contributed by atoms with Gasteiger partial charge in [-0.2, -0.15) is 5.10 Å². The highest BCUT2D eigenvalue weighted by Gasteiger charge is 2.08. The molecule has 3 nitrogen and oxygen atoms in total. The predicted octanol–water partition coefficient (Wildman–Crippen LogP) is 2.29. The van der Waals surface area contributed by atoms with Crippen LogP contribution in [0.5, 0.6) is 0 Å². The predicted molar refractivity (Wildman–Crippen MR) is 61.0 cm³/mol. The van der Waals surface area contributed by atoms with Crippen molar-refractivity contribution in [2.24, 2.45) is 0 Å². The first-order valence-electron chi connectivity index (χ1n) is 5.19. The number of nitrogens with one attached hydrogen (secondary N) is 1. The second kappa shape index (κ2) is 4.45. The lowest BCUT2D eigenvalue weighted by Gasteiger charge is -2.12. The topological polar surface area (TPSA) is 29.9 Å². The molecule has 1 unspecified atom stereocenters. The first-order valence-corrected chi connectivity index (χ1v) is 5.19. The molecule has 0 spiro atoms. The lowest BCUT2D eigenvalue weighted by Crippen LogP contribution is -2.12. The Kier molecular flexibility index (Phi) is 3.01. The molecule has 0 aliphatic heterocycles. The number of hydrogen-bond acceptors (Lipinski definition) is 2. The minimum absolute atomic E-state index is 0.140. The van der Waals surface area contributed by atoms with E-state index in [4.69, 9.17) is 0 Å².